The molecule has 4 nitrogen and oxygen atoms in total. The number of rotatable bonds is 6. The Balaban J connectivity index is 1.92. The lowest BCUT2D eigenvalue weighted by Crippen LogP contribution is -2.35. The van der Waals surface area contributed by atoms with Gasteiger partial charge in [-0.15, -0.1) is 22.9 Å². The van der Waals surface area contributed by atoms with Crippen LogP contribution in [0.3, 0.4) is 0 Å². The number of hydrogen-bond acceptors (Lipinski definition) is 5. The molecule has 21 heavy (non-hydrogen) atoms. The van der Waals surface area contributed by atoms with Crippen LogP contribution in [0.1, 0.15) is 21.0 Å². The Morgan fingerprint density at radius 3 is 3.10 bits per heavy atom. The summed E-state index contributed by atoms with van der Waals surface area (Å²) in [6.07, 6.45) is 5.93. The fourth-order valence-electron chi connectivity index (χ4n) is 2.31. The molecule has 7 heteroatoms. The molecule has 2 rings (SSSR count). The van der Waals surface area contributed by atoms with Gasteiger partial charge in [0.15, 0.2) is 0 Å². The highest BCUT2D eigenvalue weighted by Gasteiger charge is 2.31. The van der Waals surface area contributed by atoms with E-state index in [1.54, 1.807) is 20.8 Å². The molecule has 1 saturated heterocycles. The first-order valence-corrected chi connectivity index (χ1v) is 8.00. The monoisotopic (exact) mass is 326 g/mol. The summed E-state index contributed by atoms with van der Waals surface area (Å²) in [5.41, 5.74) is 0. The summed E-state index contributed by atoms with van der Waals surface area (Å²) >= 11 is 7.78. The Kier molecular flexibility index (Phi) is 6.30. The fraction of sp³-hybridized carbons (Fsp3) is 0.500. The molecule has 0 aromatic carbocycles. The van der Waals surface area contributed by atoms with Gasteiger partial charge < -0.3 is 14.2 Å². The summed E-state index contributed by atoms with van der Waals surface area (Å²) < 4.78 is 9.77. The smallest absolute Gasteiger partial charge is 0.399 e. The summed E-state index contributed by atoms with van der Waals surface area (Å²) in [5.74, 6) is -0.285. The molecular formula is C14H18BClNO3S. The molecule has 0 aliphatic carbocycles. The van der Waals surface area contributed by atoms with Gasteiger partial charge in [0.25, 0.3) is 0 Å². The molecule has 113 valence electrons. The second-order valence-electron chi connectivity index (χ2n) is 4.76. The largest absolute Gasteiger partial charge is 0.465 e. The van der Waals surface area contributed by atoms with Crippen LogP contribution in [-0.4, -0.2) is 50.6 Å². The average Bonchev–Trinajstić information content (AvgIpc) is 3.08. The molecule has 2 unspecified atom stereocenters. The van der Waals surface area contributed by atoms with Crippen LogP contribution >= 0.6 is 22.9 Å². The number of alkyl halides is 1. The number of hydrogen-bond donors (Lipinski definition) is 0. The van der Waals surface area contributed by atoms with Gasteiger partial charge in [-0.3, -0.25) is 0 Å². The van der Waals surface area contributed by atoms with Gasteiger partial charge in [-0.25, -0.2) is 4.79 Å². The first kappa shape index (κ1) is 16.6. The number of carbonyl (C=O) groups excluding carboxylic acids is 1. The van der Waals surface area contributed by atoms with Gasteiger partial charge in [-0.1, -0.05) is 12.2 Å². The van der Waals surface area contributed by atoms with Crippen LogP contribution in [-0.2, 0) is 15.8 Å². The highest BCUT2D eigenvalue weighted by molar-refractivity contribution is 7.13. The Labute approximate surface area is 135 Å². The minimum Gasteiger partial charge on any atom is -0.465 e. The van der Waals surface area contributed by atoms with Gasteiger partial charge in [0.1, 0.15) is 4.88 Å². The molecule has 0 bridgehead atoms. The van der Waals surface area contributed by atoms with Crippen LogP contribution < -0.4 is 0 Å². The van der Waals surface area contributed by atoms with E-state index in [2.05, 4.69) is 17.0 Å². The molecule has 1 fully saturated rings. The zero-order valence-electron chi connectivity index (χ0n) is 12.1. The van der Waals surface area contributed by atoms with Crippen molar-refractivity contribution in [1.82, 2.24) is 4.81 Å². The number of nitrogens with zero attached hydrogens (tertiary/aromatic N) is 1. The predicted octanol–water partition coefficient (Wildman–Crippen LogP) is 2.50. The van der Waals surface area contributed by atoms with Crippen LogP contribution in [0.25, 0.3) is 0 Å². The van der Waals surface area contributed by atoms with Crippen molar-refractivity contribution in [2.75, 3.05) is 20.8 Å². The Hall–Kier alpha value is -0.815. The number of ether oxygens (including phenoxy) is 1. The van der Waals surface area contributed by atoms with E-state index < -0.39 is 0 Å². The van der Waals surface area contributed by atoms with E-state index in [1.165, 1.54) is 18.4 Å². The van der Waals surface area contributed by atoms with Crippen LogP contribution in [0.4, 0.5) is 0 Å². The topological polar surface area (TPSA) is 38.8 Å². The van der Waals surface area contributed by atoms with Crippen molar-refractivity contribution in [2.45, 2.75) is 24.3 Å². The summed E-state index contributed by atoms with van der Waals surface area (Å²) in [6, 6.07) is 3.91. The Morgan fingerprint density at radius 1 is 1.57 bits per heavy atom. The number of allylic oxidation sites excluding steroid dienone is 1. The summed E-state index contributed by atoms with van der Waals surface area (Å²) in [7, 11) is 4.75. The molecule has 0 amide bonds. The number of esters is 1. The van der Waals surface area contributed by atoms with Gasteiger partial charge in [0.2, 0.25) is 0 Å². The minimum absolute atomic E-state index is 0.0987. The average molecular weight is 327 g/mol. The molecule has 1 aliphatic rings. The molecular weight excluding hydrogens is 308 g/mol. The number of methoxy groups -OCH3 is 1. The van der Waals surface area contributed by atoms with Gasteiger partial charge in [-0.2, -0.15) is 0 Å². The Morgan fingerprint density at radius 2 is 2.38 bits per heavy atom. The fourth-order valence-corrected chi connectivity index (χ4v) is 3.54. The highest BCUT2D eigenvalue weighted by Crippen LogP contribution is 2.24. The van der Waals surface area contributed by atoms with E-state index in [4.69, 9.17) is 21.0 Å². The second kappa shape index (κ2) is 7.99. The standard InChI is InChI=1S/C14H18BClNO3S/c1-19-14(18)13-7-6-10(21-13)4-3-5-12-11(16)8-9-17(12)15-20-2/h3,5-7,11-12H,4,8-9H2,1-2H3. The van der Waals surface area contributed by atoms with Crippen molar-refractivity contribution in [3.8, 4) is 0 Å². The SMILES string of the molecule is CO[B]N1CCC(Cl)C1C=CCc1ccc(C(=O)OC)s1. The van der Waals surface area contributed by atoms with Gasteiger partial charge in [0.05, 0.1) is 12.5 Å². The molecule has 1 aromatic rings. The molecule has 0 saturated carbocycles. The van der Waals surface area contributed by atoms with E-state index in [9.17, 15) is 4.79 Å². The first-order chi connectivity index (χ1) is 10.2. The normalized spacial score (nSPS) is 22.8. The van der Waals surface area contributed by atoms with Gasteiger partial charge >= 0.3 is 13.6 Å². The van der Waals surface area contributed by atoms with Crippen molar-refractivity contribution in [2.24, 2.45) is 0 Å². The van der Waals surface area contributed by atoms with E-state index in [0.717, 1.165) is 24.3 Å². The molecule has 2 heterocycles. The maximum Gasteiger partial charge on any atom is 0.399 e. The summed E-state index contributed by atoms with van der Waals surface area (Å²) in [6.45, 7) is 0.905. The number of halogens is 1. The summed E-state index contributed by atoms with van der Waals surface area (Å²) in [4.78, 5) is 15.2. The zero-order chi connectivity index (χ0) is 15.2. The molecule has 2 atom stereocenters. The van der Waals surface area contributed by atoms with Crippen molar-refractivity contribution < 1.29 is 14.2 Å². The van der Waals surface area contributed by atoms with Gasteiger partial charge in [-0.05, 0) is 31.5 Å². The van der Waals surface area contributed by atoms with Crippen LogP contribution in [0, 0.1) is 0 Å². The number of thiophene rings is 1. The van der Waals surface area contributed by atoms with E-state index in [-0.39, 0.29) is 17.4 Å². The first-order valence-electron chi connectivity index (χ1n) is 6.75. The molecule has 1 aromatic heterocycles. The van der Waals surface area contributed by atoms with Crippen LogP contribution in [0.2, 0.25) is 0 Å². The van der Waals surface area contributed by atoms with E-state index >= 15 is 0 Å². The lowest BCUT2D eigenvalue weighted by Gasteiger charge is -2.20. The molecule has 0 spiro atoms. The quantitative estimate of drug-likeness (QED) is 0.348. The number of carbonyl (C=O) groups is 1. The van der Waals surface area contributed by atoms with Crippen molar-refractivity contribution in [3.05, 3.63) is 34.0 Å². The predicted molar refractivity (Wildman–Crippen MR) is 86.0 cm³/mol. The third-order valence-corrected chi connectivity index (χ3v) is 4.92. The molecule has 1 aliphatic heterocycles. The van der Waals surface area contributed by atoms with E-state index in [1.807, 2.05) is 6.07 Å². The maximum atomic E-state index is 11.4. The second-order valence-corrected chi connectivity index (χ2v) is 6.49. The highest BCUT2D eigenvalue weighted by atomic mass is 35.5. The van der Waals surface area contributed by atoms with Crippen molar-refractivity contribution >= 4 is 36.5 Å². The lowest BCUT2D eigenvalue weighted by atomic mass is 10.1. The van der Waals surface area contributed by atoms with Crippen LogP contribution in [0.5, 0.6) is 0 Å². The molecule has 0 N–H and O–H groups in total. The van der Waals surface area contributed by atoms with Gasteiger partial charge in [0, 0.05) is 18.0 Å². The zero-order valence-corrected chi connectivity index (χ0v) is 13.7. The lowest BCUT2D eigenvalue weighted by molar-refractivity contribution is 0.0606. The van der Waals surface area contributed by atoms with Crippen molar-refractivity contribution in [3.63, 3.8) is 0 Å². The maximum absolute atomic E-state index is 11.4. The van der Waals surface area contributed by atoms with E-state index in [0.29, 0.717) is 4.88 Å². The Bertz CT molecular complexity index is 506. The molecule has 1 radical (unpaired) electrons. The third kappa shape index (κ3) is 4.33. The van der Waals surface area contributed by atoms with Crippen LogP contribution in [0.15, 0.2) is 24.3 Å². The third-order valence-electron chi connectivity index (χ3n) is 3.36. The van der Waals surface area contributed by atoms with Crippen molar-refractivity contribution in [1.29, 1.82) is 0 Å². The minimum atomic E-state index is -0.285. The summed E-state index contributed by atoms with van der Waals surface area (Å²) in [5, 5.41) is 0.0987.